The van der Waals surface area contributed by atoms with Gasteiger partial charge in [0.1, 0.15) is 6.54 Å². The number of nitrogens with zero attached hydrogens (tertiary/aromatic N) is 2. The summed E-state index contributed by atoms with van der Waals surface area (Å²) in [6, 6.07) is 6.62. The number of aryl methyl sites for hydroxylation is 1. The van der Waals surface area contributed by atoms with Gasteiger partial charge in [-0.3, -0.25) is 14.3 Å². The summed E-state index contributed by atoms with van der Waals surface area (Å²) < 4.78 is 1.18. The number of amides is 1. The Kier molecular flexibility index (Phi) is 4.05. The van der Waals surface area contributed by atoms with Crippen molar-refractivity contribution >= 4 is 29.2 Å². The van der Waals surface area contributed by atoms with Crippen molar-refractivity contribution in [1.29, 1.82) is 0 Å². The highest BCUT2D eigenvalue weighted by Gasteiger charge is 2.11. The molecule has 0 spiro atoms. The Morgan fingerprint density at radius 2 is 2.15 bits per heavy atom. The van der Waals surface area contributed by atoms with Gasteiger partial charge in [0.2, 0.25) is 0 Å². The number of rotatable bonds is 4. The number of carboxylic acid groups (broad SMARTS) is 1. The van der Waals surface area contributed by atoms with Crippen LogP contribution in [0.5, 0.6) is 0 Å². The van der Waals surface area contributed by atoms with Crippen molar-refractivity contribution in [2.24, 2.45) is 0 Å². The molecule has 0 radical (unpaired) electrons. The predicted molar refractivity (Wildman–Crippen MR) is 74.0 cm³/mol. The summed E-state index contributed by atoms with van der Waals surface area (Å²) in [5.74, 6) is -1.44. The highest BCUT2D eigenvalue weighted by Crippen LogP contribution is 2.20. The van der Waals surface area contributed by atoms with E-state index in [0.717, 1.165) is 5.56 Å². The van der Waals surface area contributed by atoms with Crippen LogP contribution in [0.2, 0.25) is 5.02 Å². The van der Waals surface area contributed by atoms with Crippen molar-refractivity contribution in [3.8, 4) is 0 Å². The SMILES string of the molecule is Cc1ccc(NC(=O)c2ccn(CC(=O)O)n2)cc1Cl. The average molecular weight is 294 g/mol. The van der Waals surface area contributed by atoms with Crippen LogP contribution in [0.15, 0.2) is 30.5 Å². The summed E-state index contributed by atoms with van der Waals surface area (Å²) in [5, 5.41) is 15.7. The molecule has 104 valence electrons. The minimum Gasteiger partial charge on any atom is -0.480 e. The minimum atomic E-state index is -1.02. The highest BCUT2D eigenvalue weighted by molar-refractivity contribution is 6.31. The van der Waals surface area contributed by atoms with E-state index in [1.807, 2.05) is 6.92 Å². The van der Waals surface area contributed by atoms with E-state index in [1.54, 1.807) is 18.2 Å². The molecule has 0 unspecified atom stereocenters. The van der Waals surface area contributed by atoms with Crippen LogP contribution < -0.4 is 5.32 Å². The van der Waals surface area contributed by atoms with E-state index >= 15 is 0 Å². The molecule has 1 aromatic carbocycles. The number of benzene rings is 1. The molecule has 1 heterocycles. The molecule has 0 saturated carbocycles. The molecule has 2 rings (SSSR count). The Bertz CT molecular complexity index is 667. The first-order chi connectivity index (χ1) is 9.45. The largest absolute Gasteiger partial charge is 0.480 e. The molecular weight excluding hydrogens is 282 g/mol. The van der Waals surface area contributed by atoms with Gasteiger partial charge in [-0.25, -0.2) is 0 Å². The van der Waals surface area contributed by atoms with Crippen molar-refractivity contribution in [1.82, 2.24) is 9.78 Å². The van der Waals surface area contributed by atoms with Gasteiger partial charge < -0.3 is 10.4 Å². The molecule has 0 fully saturated rings. The van der Waals surface area contributed by atoms with Crippen LogP contribution in [0, 0.1) is 6.92 Å². The van der Waals surface area contributed by atoms with E-state index in [9.17, 15) is 9.59 Å². The molecule has 1 aromatic heterocycles. The fourth-order valence-electron chi connectivity index (χ4n) is 1.58. The molecule has 1 amide bonds. The van der Waals surface area contributed by atoms with Gasteiger partial charge in [0.05, 0.1) is 0 Å². The Balaban J connectivity index is 2.09. The maximum atomic E-state index is 11.9. The van der Waals surface area contributed by atoms with E-state index in [0.29, 0.717) is 10.7 Å². The summed E-state index contributed by atoms with van der Waals surface area (Å²) in [5.41, 5.74) is 1.61. The number of aromatic nitrogens is 2. The lowest BCUT2D eigenvalue weighted by atomic mass is 10.2. The number of nitrogens with one attached hydrogen (secondary N) is 1. The first-order valence-corrected chi connectivity index (χ1v) is 6.16. The number of hydrogen-bond acceptors (Lipinski definition) is 3. The molecule has 0 atom stereocenters. The second-order valence-electron chi connectivity index (χ2n) is 4.21. The van der Waals surface area contributed by atoms with E-state index in [2.05, 4.69) is 10.4 Å². The fraction of sp³-hybridized carbons (Fsp3) is 0.154. The van der Waals surface area contributed by atoms with Crippen LogP contribution in [0.4, 0.5) is 5.69 Å². The van der Waals surface area contributed by atoms with Gasteiger partial charge in [-0.1, -0.05) is 17.7 Å². The van der Waals surface area contributed by atoms with Crippen LogP contribution in [0.3, 0.4) is 0 Å². The Morgan fingerprint density at radius 3 is 2.80 bits per heavy atom. The summed E-state index contributed by atoms with van der Waals surface area (Å²) in [7, 11) is 0. The van der Waals surface area contributed by atoms with Crippen molar-refractivity contribution in [2.75, 3.05) is 5.32 Å². The summed E-state index contributed by atoms with van der Waals surface area (Å²) in [4.78, 5) is 22.5. The summed E-state index contributed by atoms with van der Waals surface area (Å²) in [6.45, 7) is 1.57. The number of halogens is 1. The van der Waals surface area contributed by atoms with Gasteiger partial charge in [-0.05, 0) is 30.7 Å². The zero-order valence-corrected chi connectivity index (χ0v) is 11.4. The molecule has 20 heavy (non-hydrogen) atoms. The predicted octanol–water partition coefficient (Wildman–Crippen LogP) is 2.18. The number of hydrogen-bond donors (Lipinski definition) is 2. The van der Waals surface area contributed by atoms with Crippen molar-refractivity contribution < 1.29 is 14.7 Å². The van der Waals surface area contributed by atoms with E-state index < -0.39 is 11.9 Å². The van der Waals surface area contributed by atoms with Crippen LogP contribution in [0.25, 0.3) is 0 Å². The second-order valence-corrected chi connectivity index (χ2v) is 4.62. The topological polar surface area (TPSA) is 84.2 Å². The molecular formula is C13H12ClN3O3. The van der Waals surface area contributed by atoms with Gasteiger partial charge in [0.25, 0.3) is 5.91 Å². The molecule has 0 bridgehead atoms. The van der Waals surface area contributed by atoms with E-state index in [4.69, 9.17) is 16.7 Å². The first kappa shape index (κ1) is 14.1. The lowest BCUT2D eigenvalue weighted by Crippen LogP contribution is -2.15. The first-order valence-electron chi connectivity index (χ1n) is 5.78. The van der Waals surface area contributed by atoms with Gasteiger partial charge in [-0.15, -0.1) is 0 Å². The number of aliphatic carboxylic acids is 1. The number of carbonyl (C=O) groups excluding carboxylic acids is 1. The zero-order chi connectivity index (χ0) is 14.7. The normalized spacial score (nSPS) is 10.3. The smallest absolute Gasteiger partial charge is 0.325 e. The summed E-state index contributed by atoms with van der Waals surface area (Å²) >= 11 is 5.97. The second kappa shape index (κ2) is 5.75. The molecule has 0 aliphatic heterocycles. The number of carboxylic acids is 1. The minimum absolute atomic E-state index is 0.142. The van der Waals surface area contributed by atoms with Crippen LogP contribution in [-0.4, -0.2) is 26.8 Å². The third-order valence-corrected chi connectivity index (χ3v) is 3.01. The average Bonchev–Trinajstić information content (AvgIpc) is 2.81. The number of carbonyl (C=O) groups is 2. The highest BCUT2D eigenvalue weighted by atomic mass is 35.5. The maximum absolute atomic E-state index is 11.9. The monoisotopic (exact) mass is 293 g/mol. The fourth-order valence-corrected chi connectivity index (χ4v) is 1.76. The molecule has 6 nitrogen and oxygen atoms in total. The standard InChI is InChI=1S/C13H12ClN3O3/c1-8-2-3-9(6-10(8)14)15-13(20)11-4-5-17(16-11)7-12(18)19/h2-6H,7H2,1H3,(H,15,20)(H,18,19). The van der Waals surface area contributed by atoms with Crippen molar-refractivity contribution in [3.63, 3.8) is 0 Å². The summed E-state index contributed by atoms with van der Waals surface area (Å²) in [6.07, 6.45) is 1.44. The molecule has 0 aliphatic carbocycles. The van der Waals surface area contributed by atoms with Gasteiger partial charge >= 0.3 is 5.97 Å². The molecule has 0 saturated heterocycles. The third kappa shape index (κ3) is 3.36. The van der Waals surface area contributed by atoms with Crippen LogP contribution >= 0.6 is 11.6 Å². The Hall–Kier alpha value is -2.34. The van der Waals surface area contributed by atoms with Crippen LogP contribution in [-0.2, 0) is 11.3 Å². The lowest BCUT2D eigenvalue weighted by molar-refractivity contribution is -0.137. The van der Waals surface area contributed by atoms with Crippen molar-refractivity contribution in [3.05, 3.63) is 46.7 Å². The maximum Gasteiger partial charge on any atom is 0.325 e. The van der Waals surface area contributed by atoms with Gasteiger partial charge in [0.15, 0.2) is 5.69 Å². The van der Waals surface area contributed by atoms with E-state index in [1.165, 1.54) is 16.9 Å². The van der Waals surface area contributed by atoms with E-state index in [-0.39, 0.29) is 12.2 Å². The quantitative estimate of drug-likeness (QED) is 0.905. The van der Waals surface area contributed by atoms with Crippen LogP contribution in [0.1, 0.15) is 16.1 Å². The molecule has 2 aromatic rings. The van der Waals surface area contributed by atoms with Crippen molar-refractivity contribution in [2.45, 2.75) is 13.5 Å². The van der Waals surface area contributed by atoms with Gasteiger partial charge in [0, 0.05) is 16.9 Å². The lowest BCUT2D eigenvalue weighted by Gasteiger charge is -2.05. The Labute approximate surface area is 120 Å². The third-order valence-electron chi connectivity index (χ3n) is 2.60. The zero-order valence-electron chi connectivity index (χ0n) is 10.6. The van der Waals surface area contributed by atoms with Gasteiger partial charge in [-0.2, -0.15) is 5.10 Å². The molecule has 7 heteroatoms. The molecule has 2 N–H and O–H groups in total. The molecule has 0 aliphatic rings. The number of anilines is 1. The Morgan fingerprint density at radius 1 is 1.40 bits per heavy atom.